The minimum atomic E-state index is -1.15. The van der Waals surface area contributed by atoms with E-state index in [4.69, 9.17) is 19.2 Å². The average molecular weight is 293 g/mol. The van der Waals surface area contributed by atoms with E-state index in [9.17, 15) is 4.79 Å². The van der Waals surface area contributed by atoms with Crippen molar-refractivity contribution in [2.45, 2.75) is 38.9 Å². The number of hydrogen-bond donors (Lipinski definition) is 2. The van der Waals surface area contributed by atoms with Crippen LogP contribution in [0.4, 0.5) is 10.5 Å². The van der Waals surface area contributed by atoms with Gasteiger partial charge in [0.25, 0.3) is 0 Å². The van der Waals surface area contributed by atoms with Crippen LogP contribution >= 0.6 is 0 Å². The molecule has 0 unspecified atom stereocenters. The van der Waals surface area contributed by atoms with Gasteiger partial charge in [0.05, 0.1) is 18.3 Å². The molecule has 1 aliphatic heterocycles. The highest BCUT2D eigenvalue weighted by Crippen LogP contribution is 2.37. The molecular formula is C14H20BNO5. The summed E-state index contributed by atoms with van der Waals surface area (Å²) in [6.45, 7) is 7.78. The number of benzene rings is 1. The zero-order chi connectivity index (χ0) is 15.8. The number of anilines is 1. The van der Waals surface area contributed by atoms with Gasteiger partial charge in [-0.05, 0) is 33.8 Å². The van der Waals surface area contributed by atoms with Crippen molar-refractivity contribution in [2.75, 3.05) is 12.4 Å². The molecule has 2 N–H and O–H groups in total. The molecule has 1 heterocycles. The van der Waals surface area contributed by atoms with Crippen LogP contribution in [0.5, 0.6) is 5.75 Å². The molecule has 0 aliphatic carbocycles. The van der Waals surface area contributed by atoms with E-state index in [2.05, 4.69) is 5.32 Å². The molecule has 0 spiro atoms. The zero-order valence-corrected chi connectivity index (χ0v) is 12.9. The second-order valence-electron chi connectivity index (χ2n) is 5.97. The van der Waals surface area contributed by atoms with Gasteiger partial charge in [0, 0.05) is 17.2 Å². The Balaban J connectivity index is 2.38. The normalized spacial score (nSPS) is 19.4. The number of nitrogens with one attached hydrogen (secondary N) is 1. The van der Waals surface area contributed by atoms with Gasteiger partial charge in [-0.15, -0.1) is 0 Å². The minimum absolute atomic E-state index is 0.389. The summed E-state index contributed by atoms with van der Waals surface area (Å²) in [5.74, 6) is 0.555. The molecule has 1 saturated heterocycles. The lowest BCUT2D eigenvalue weighted by molar-refractivity contribution is 0.00578. The fourth-order valence-corrected chi connectivity index (χ4v) is 2.06. The van der Waals surface area contributed by atoms with Crippen molar-refractivity contribution in [1.82, 2.24) is 0 Å². The third kappa shape index (κ3) is 2.98. The van der Waals surface area contributed by atoms with Crippen LogP contribution in [0.1, 0.15) is 27.7 Å². The fraction of sp³-hybridized carbons (Fsp3) is 0.500. The second-order valence-corrected chi connectivity index (χ2v) is 5.97. The molecule has 1 aliphatic rings. The summed E-state index contributed by atoms with van der Waals surface area (Å²) in [5, 5.41) is 11.3. The minimum Gasteiger partial charge on any atom is -0.497 e. The van der Waals surface area contributed by atoms with E-state index in [0.29, 0.717) is 16.9 Å². The Morgan fingerprint density at radius 2 is 1.81 bits per heavy atom. The Morgan fingerprint density at radius 3 is 2.29 bits per heavy atom. The maximum absolute atomic E-state index is 11.0. The number of methoxy groups -OCH3 is 1. The van der Waals surface area contributed by atoms with E-state index < -0.39 is 24.4 Å². The van der Waals surface area contributed by atoms with E-state index in [-0.39, 0.29) is 0 Å². The van der Waals surface area contributed by atoms with Crippen LogP contribution in [-0.4, -0.2) is 36.6 Å². The van der Waals surface area contributed by atoms with Gasteiger partial charge in [0.15, 0.2) is 0 Å². The summed E-state index contributed by atoms with van der Waals surface area (Å²) in [6.07, 6.45) is -1.15. The number of carbonyl (C=O) groups is 1. The quantitative estimate of drug-likeness (QED) is 0.834. The molecule has 1 fully saturated rings. The molecule has 7 heteroatoms. The van der Waals surface area contributed by atoms with Gasteiger partial charge in [0.1, 0.15) is 5.75 Å². The first-order valence-electron chi connectivity index (χ1n) is 6.70. The first-order valence-corrected chi connectivity index (χ1v) is 6.70. The topological polar surface area (TPSA) is 77.0 Å². The molecule has 1 amide bonds. The van der Waals surface area contributed by atoms with Crippen molar-refractivity contribution in [3.05, 3.63) is 18.2 Å². The van der Waals surface area contributed by atoms with Crippen molar-refractivity contribution in [3.63, 3.8) is 0 Å². The Hall–Kier alpha value is -1.73. The van der Waals surface area contributed by atoms with E-state index in [1.165, 1.54) is 7.11 Å². The van der Waals surface area contributed by atoms with Crippen LogP contribution in [0.3, 0.4) is 0 Å². The lowest BCUT2D eigenvalue weighted by Crippen LogP contribution is -2.41. The third-order valence-corrected chi connectivity index (χ3v) is 4.01. The van der Waals surface area contributed by atoms with Gasteiger partial charge in [0.2, 0.25) is 0 Å². The fourth-order valence-electron chi connectivity index (χ4n) is 2.06. The van der Waals surface area contributed by atoms with Gasteiger partial charge in [-0.3, -0.25) is 5.32 Å². The summed E-state index contributed by atoms with van der Waals surface area (Å²) < 4.78 is 17.0. The molecule has 1 aromatic carbocycles. The summed E-state index contributed by atoms with van der Waals surface area (Å²) in [5.41, 5.74) is 0.0353. The Bertz CT molecular complexity index is 542. The van der Waals surface area contributed by atoms with E-state index in [0.717, 1.165) is 0 Å². The molecule has 1 aromatic rings. The van der Waals surface area contributed by atoms with Crippen LogP contribution in [0.2, 0.25) is 0 Å². The number of rotatable bonds is 3. The highest BCUT2D eigenvalue weighted by molar-refractivity contribution is 6.64. The van der Waals surface area contributed by atoms with Crippen LogP contribution in [0.15, 0.2) is 18.2 Å². The van der Waals surface area contributed by atoms with Gasteiger partial charge in [-0.1, -0.05) is 6.07 Å². The highest BCUT2D eigenvalue weighted by Gasteiger charge is 2.52. The molecule has 0 saturated carbocycles. The molecule has 114 valence electrons. The van der Waals surface area contributed by atoms with Crippen LogP contribution in [0, 0.1) is 0 Å². The summed E-state index contributed by atoms with van der Waals surface area (Å²) in [4.78, 5) is 11.0. The van der Waals surface area contributed by atoms with E-state index in [1.807, 2.05) is 27.7 Å². The lowest BCUT2D eigenvalue weighted by Gasteiger charge is -2.32. The standard InChI is InChI=1S/C14H20BNO5/c1-13(2)14(3,4)21-15(20-13)10-7-6-9(19-5)8-11(10)16-12(17)18/h6-8,16H,1-5H3,(H,17,18). The van der Waals surface area contributed by atoms with Crippen LogP contribution < -0.4 is 15.5 Å². The van der Waals surface area contributed by atoms with Crippen molar-refractivity contribution in [1.29, 1.82) is 0 Å². The monoisotopic (exact) mass is 293 g/mol. The van der Waals surface area contributed by atoms with Gasteiger partial charge >= 0.3 is 13.2 Å². The van der Waals surface area contributed by atoms with Crippen molar-refractivity contribution in [2.24, 2.45) is 0 Å². The average Bonchev–Trinajstić information content (AvgIpc) is 2.57. The zero-order valence-electron chi connectivity index (χ0n) is 12.9. The van der Waals surface area contributed by atoms with Crippen LogP contribution in [0.25, 0.3) is 0 Å². The van der Waals surface area contributed by atoms with E-state index >= 15 is 0 Å². The molecule has 0 atom stereocenters. The number of carboxylic acid groups (broad SMARTS) is 1. The smallest absolute Gasteiger partial charge is 0.496 e. The van der Waals surface area contributed by atoms with E-state index in [1.54, 1.807) is 18.2 Å². The summed E-state index contributed by atoms with van der Waals surface area (Å²) in [6, 6.07) is 5.09. The number of ether oxygens (including phenoxy) is 1. The first-order chi connectivity index (χ1) is 9.66. The van der Waals surface area contributed by atoms with Crippen molar-refractivity contribution >= 4 is 24.4 Å². The summed E-state index contributed by atoms with van der Waals surface area (Å²) in [7, 11) is 0.886. The molecule has 6 nitrogen and oxygen atoms in total. The third-order valence-electron chi connectivity index (χ3n) is 4.01. The predicted molar refractivity (Wildman–Crippen MR) is 80.4 cm³/mol. The Labute approximate surface area is 124 Å². The Kier molecular flexibility index (Phi) is 3.90. The maximum atomic E-state index is 11.0. The molecule has 0 radical (unpaired) electrons. The molecule has 0 bridgehead atoms. The molecular weight excluding hydrogens is 273 g/mol. The number of amides is 1. The SMILES string of the molecule is COc1ccc(B2OC(C)(C)C(C)(C)O2)c(NC(=O)O)c1. The molecule has 21 heavy (non-hydrogen) atoms. The molecule has 2 rings (SSSR count). The maximum Gasteiger partial charge on any atom is 0.496 e. The van der Waals surface area contributed by atoms with Crippen molar-refractivity contribution < 1.29 is 23.9 Å². The highest BCUT2D eigenvalue weighted by atomic mass is 16.7. The van der Waals surface area contributed by atoms with Crippen molar-refractivity contribution in [3.8, 4) is 5.75 Å². The van der Waals surface area contributed by atoms with Crippen LogP contribution in [-0.2, 0) is 9.31 Å². The number of hydrogen-bond acceptors (Lipinski definition) is 4. The van der Waals surface area contributed by atoms with Gasteiger partial charge < -0.3 is 19.2 Å². The predicted octanol–water partition coefficient (Wildman–Crippen LogP) is 2.08. The first kappa shape index (κ1) is 15.7. The largest absolute Gasteiger partial charge is 0.497 e. The summed E-state index contributed by atoms with van der Waals surface area (Å²) >= 11 is 0. The molecule has 0 aromatic heterocycles. The lowest BCUT2D eigenvalue weighted by atomic mass is 9.77. The van der Waals surface area contributed by atoms with Gasteiger partial charge in [-0.2, -0.15) is 0 Å². The Morgan fingerprint density at radius 1 is 1.24 bits per heavy atom. The van der Waals surface area contributed by atoms with Gasteiger partial charge in [-0.25, -0.2) is 4.79 Å². The second kappa shape index (κ2) is 5.24.